The number of rotatable bonds is 4. The van der Waals surface area contributed by atoms with E-state index in [-0.39, 0.29) is 22.5 Å². The third-order valence-corrected chi connectivity index (χ3v) is 4.47. The van der Waals surface area contributed by atoms with Gasteiger partial charge in [-0.2, -0.15) is 0 Å². The maximum atomic E-state index is 12.8. The SMILES string of the molecule is Cc1cc(Br)c2nc(C)c(C(=O)Nc3cc(C(=O)O)cc(C(=O)O)c3)n2c1. The van der Waals surface area contributed by atoms with Crippen LogP contribution in [0.25, 0.3) is 5.65 Å². The lowest BCUT2D eigenvalue weighted by molar-refractivity contribution is 0.0696. The van der Waals surface area contributed by atoms with Gasteiger partial charge in [0.2, 0.25) is 0 Å². The average molecular weight is 432 g/mol. The van der Waals surface area contributed by atoms with Crippen molar-refractivity contribution in [1.82, 2.24) is 9.38 Å². The summed E-state index contributed by atoms with van der Waals surface area (Å²) in [5.41, 5.74) is 1.81. The summed E-state index contributed by atoms with van der Waals surface area (Å²) in [4.78, 5) is 39.6. The largest absolute Gasteiger partial charge is 0.478 e. The van der Waals surface area contributed by atoms with E-state index < -0.39 is 17.8 Å². The van der Waals surface area contributed by atoms with Gasteiger partial charge in [0, 0.05) is 11.9 Å². The summed E-state index contributed by atoms with van der Waals surface area (Å²) in [6.45, 7) is 3.55. The van der Waals surface area contributed by atoms with Gasteiger partial charge in [-0.05, 0) is 59.6 Å². The molecule has 0 bridgehead atoms. The van der Waals surface area contributed by atoms with Gasteiger partial charge in [0.15, 0.2) is 5.65 Å². The van der Waals surface area contributed by atoms with E-state index in [4.69, 9.17) is 10.2 Å². The van der Waals surface area contributed by atoms with Crippen molar-refractivity contribution in [2.24, 2.45) is 0 Å². The minimum Gasteiger partial charge on any atom is -0.478 e. The molecule has 0 aliphatic rings. The predicted molar refractivity (Wildman–Crippen MR) is 101 cm³/mol. The van der Waals surface area contributed by atoms with Gasteiger partial charge in [0.1, 0.15) is 5.69 Å². The van der Waals surface area contributed by atoms with Crippen molar-refractivity contribution in [2.75, 3.05) is 5.32 Å². The smallest absolute Gasteiger partial charge is 0.335 e. The Morgan fingerprint density at radius 3 is 2.19 bits per heavy atom. The summed E-state index contributed by atoms with van der Waals surface area (Å²) in [6, 6.07) is 5.30. The highest BCUT2D eigenvalue weighted by atomic mass is 79.9. The number of amides is 1. The number of hydrogen-bond acceptors (Lipinski definition) is 4. The number of nitrogens with zero attached hydrogens (tertiary/aromatic N) is 2. The highest BCUT2D eigenvalue weighted by molar-refractivity contribution is 9.10. The first-order valence-corrected chi connectivity index (χ1v) is 8.54. The summed E-state index contributed by atoms with van der Waals surface area (Å²) in [7, 11) is 0. The van der Waals surface area contributed by atoms with Crippen LogP contribution in [0.1, 0.15) is 42.5 Å². The Hall–Kier alpha value is -3.20. The molecule has 3 aromatic rings. The average Bonchev–Trinajstić information content (AvgIpc) is 2.90. The van der Waals surface area contributed by atoms with Crippen LogP contribution in [0, 0.1) is 13.8 Å². The van der Waals surface area contributed by atoms with Gasteiger partial charge in [0.05, 0.1) is 21.3 Å². The number of aromatic nitrogens is 2. The number of aryl methyl sites for hydroxylation is 2. The molecule has 0 aliphatic carbocycles. The lowest BCUT2D eigenvalue weighted by Crippen LogP contribution is -2.17. The number of pyridine rings is 1. The van der Waals surface area contributed by atoms with Crippen LogP contribution in [0.15, 0.2) is 34.9 Å². The number of anilines is 1. The van der Waals surface area contributed by atoms with Gasteiger partial charge in [0.25, 0.3) is 5.91 Å². The van der Waals surface area contributed by atoms with Gasteiger partial charge in [-0.15, -0.1) is 0 Å². The molecule has 9 heteroatoms. The molecule has 8 nitrogen and oxygen atoms in total. The van der Waals surface area contributed by atoms with Crippen molar-refractivity contribution in [3.05, 3.63) is 63.0 Å². The number of nitrogens with one attached hydrogen (secondary N) is 1. The number of aromatic carboxylic acids is 2. The van der Waals surface area contributed by atoms with Crippen LogP contribution in [0.2, 0.25) is 0 Å². The highest BCUT2D eigenvalue weighted by Crippen LogP contribution is 2.23. The maximum Gasteiger partial charge on any atom is 0.335 e. The quantitative estimate of drug-likeness (QED) is 0.582. The first kappa shape index (κ1) is 18.6. The fourth-order valence-electron chi connectivity index (χ4n) is 2.76. The summed E-state index contributed by atoms with van der Waals surface area (Å²) >= 11 is 3.42. The molecule has 0 spiro atoms. The molecule has 3 N–H and O–H groups in total. The zero-order valence-corrected chi connectivity index (χ0v) is 15.9. The fraction of sp³-hybridized carbons (Fsp3) is 0.111. The molecular weight excluding hydrogens is 418 g/mol. The van der Waals surface area contributed by atoms with Gasteiger partial charge < -0.3 is 15.5 Å². The van der Waals surface area contributed by atoms with E-state index >= 15 is 0 Å². The number of hydrogen-bond donors (Lipinski definition) is 3. The van der Waals surface area contributed by atoms with Crippen molar-refractivity contribution in [3.8, 4) is 0 Å². The van der Waals surface area contributed by atoms with Crippen LogP contribution < -0.4 is 5.32 Å². The molecule has 0 aliphatic heterocycles. The number of imidazole rings is 1. The molecule has 2 heterocycles. The van der Waals surface area contributed by atoms with Crippen LogP contribution in [-0.4, -0.2) is 37.4 Å². The van der Waals surface area contributed by atoms with E-state index in [1.54, 1.807) is 17.5 Å². The molecule has 0 radical (unpaired) electrons. The first-order chi connectivity index (χ1) is 12.7. The van der Waals surface area contributed by atoms with Crippen LogP contribution >= 0.6 is 15.9 Å². The fourth-order valence-corrected chi connectivity index (χ4v) is 3.40. The number of carbonyl (C=O) groups excluding carboxylic acids is 1. The molecule has 27 heavy (non-hydrogen) atoms. The third kappa shape index (κ3) is 3.54. The van der Waals surface area contributed by atoms with Crippen molar-refractivity contribution in [2.45, 2.75) is 13.8 Å². The van der Waals surface area contributed by atoms with E-state index in [1.807, 2.05) is 13.0 Å². The van der Waals surface area contributed by atoms with Gasteiger partial charge in [-0.3, -0.25) is 9.20 Å². The van der Waals surface area contributed by atoms with Crippen LogP contribution in [-0.2, 0) is 0 Å². The zero-order chi connectivity index (χ0) is 19.9. The lowest BCUT2D eigenvalue weighted by Gasteiger charge is -2.09. The molecule has 0 saturated carbocycles. The summed E-state index contributed by atoms with van der Waals surface area (Å²) in [5, 5.41) is 20.9. The van der Waals surface area contributed by atoms with E-state index in [1.165, 1.54) is 12.1 Å². The molecule has 2 aromatic heterocycles. The van der Waals surface area contributed by atoms with Crippen molar-refractivity contribution < 1.29 is 24.6 Å². The van der Waals surface area contributed by atoms with Gasteiger partial charge >= 0.3 is 11.9 Å². The second-order valence-electron chi connectivity index (χ2n) is 5.97. The minimum absolute atomic E-state index is 0.0679. The highest BCUT2D eigenvalue weighted by Gasteiger charge is 2.20. The van der Waals surface area contributed by atoms with Gasteiger partial charge in [-0.1, -0.05) is 0 Å². The van der Waals surface area contributed by atoms with Crippen LogP contribution in [0.5, 0.6) is 0 Å². The molecule has 0 saturated heterocycles. The summed E-state index contributed by atoms with van der Waals surface area (Å²) in [6.07, 6.45) is 1.76. The summed E-state index contributed by atoms with van der Waals surface area (Å²) in [5.74, 6) is -3.12. The number of carboxylic acids is 2. The Balaban J connectivity index is 2.06. The summed E-state index contributed by atoms with van der Waals surface area (Å²) < 4.78 is 2.36. The second-order valence-corrected chi connectivity index (χ2v) is 6.82. The third-order valence-electron chi connectivity index (χ3n) is 3.89. The van der Waals surface area contributed by atoms with E-state index in [9.17, 15) is 14.4 Å². The minimum atomic E-state index is -1.29. The number of carboxylic acid groups (broad SMARTS) is 2. The molecule has 1 amide bonds. The number of benzene rings is 1. The Morgan fingerprint density at radius 2 is 1.63 bits per heavy atom. The van der Waals surface area contributed by atoms with E-state index in [0.717, 1.165) is 16.1 Å². The maximum absolute atomic E-state index is 12.8. The van der Waals surface area contributed by atoms with E-state index in [2.05, 4.69) is 26.2 Å². The number of carbonyl (C=O) groups is 3. The van der Waals surface area contributed by atoms with Crippen molar-refractivity contribution in [1.29, 1.82) is 0 Å². The standard InChI is InChI=1S/C18H14BrN3O5/c1-8-3-13(19)15-20-9(2)14(22(15)7-8)16(23)21-12-5-10(17(24)25)4-11(6-12)18(26)27/h3-7H,1-2H3,(H,21,23)(H,24,25)(H,26,27). The van der Waals surface area contributed by atoms with Crippen molar-refractivity contribution in [3.63, 3.8) is 0 Å². The monoisotopic (exact) mass is 431 g/mol. The van der Waals surface area contributed by atoms with Gasteiger partial charge in [-0.25, -0.2) is 14.6 Å². The molecule has 0 fully saturated rings. The normalized spacial score (nSPS) is 10.8. The Morgan fingerprint density at radius 1 is 1.04 bits per heavy atom. The van der Waals surface area contributed by atoms with Crippen LogP contribution in [0.4, 0.5) is 5.69 Å². The molecule has 0 atom stereocenters. The second kappa shape index (κ2) is 6.84. The molecule has 0 unspecified atom stereocenters. The molecule has 3 rings (SSSR count). The first-order valence-electron chi connectivity index (χ1n) is 7.75. The molecule has 1 aromatic carbocycles. The lowest BCUT2D eigenvalue weighted by atomic mass is 10.1. The number of halogens is 1. The Labute approximate surface area is 161 Å². The Bertz CT molecular complexity index is 1090. The van der Waals surface area contributed by atoms with Crippen molar-refractivity contribution >= 4 is 45.1 Å². The van der Waals surface area contributed by atoms with Crippen LogP contribution in [0.3, 0.4) is 0 Å². The Kier molecular flexibility index (Phi) is 4.71. The topological polar surface area (TPSA) is 121 Å². The zero-order valence-electron chi connectivity index (χ0n) is 14.3. The number of fused-ring (bicyclic) bond motifs is 1. The van der Waals surface area contributed by atoms with E-state index in [0.29, 0.717) is 11.3 Å². The molecular formula is C18H14BrN3O5. The predicted octanol–water partition coefficient (Wildman–Crippen LogP) is 3.36. The molecule has 138 valence electrons.